The van der Waals surface area contributed by atoms with E-state index < -0.39 is 59.5 Å². The predicted molar refractivity (Wildman–Crippen MR) is 229 cm³/mol. The van der Waals surface area contributed by atoms with Crippen LogP contribution in [0.4, 0.5) is 4.79 Å². The first-order valence-corrected chi connectivity index (χ1v) is 20.3. The standard InChI is InChI=1S/C45H56BrN5O8/c1-28(2)37(41(54)48-26-32-24-33(46)19-22-36(32)52)50-42(55)38(47-25-30-17-20-34(58-6)21-18-30)39(53)35(23-29-13-9-7-10-14-29)49-43(56)40(45(3,4)5)51-44(57)59-27-31-15-11-8-12-16-31/h7-22,24,28,35,37-40,47,52-53H,23,25-27H2,1-6H3,(H,48,54)(H,49,56)(H,50,55)(H,51,57)/t35-,37-,38+,39+,40+/m0/s1. The van der Waals surface area contributed by atoms with Gasteiger partial charge in [0.1, 0.15) is 36.2 Å². The zero-order valence-electron chi connectivity index (χ0n) is 34.3. The van der Waals surface area contributed by atoms with Crippen molar-refractivity contribution < 1.29 is 38.9 Å². The largest absolute Gasteiger partial charge is 0.508 e. The number of aliphatic hydroxyl groups excluding tert-OH is 1. The summed E-state index contributed by atoms with van der Waals surface area (Å²) in [6.07, 6.45) is -2.24. The molecule has 0 aromatic heterocycles. The smallest absolute Gasteiger partial charge is 0.408 e. The minimum atomic E-state index is -1.56. The van der Waals surface area contributed by atoms with Crippen LogP contribution in [0.25, 0.3) is 0 Å². The molecule has 0 aliphatic carbocycles. The van der Waals surface area contributed by atoms with Gasteiger partial charge >= 0.3 is 6.09 Å². The summed E-state index contributed by atoms with van der Waals surface area (Å²) in [6, 6.07) is 25.8. The number of amides is 4. The summed E-state index contributed by atoms with van der Waals surface area (Å²) in [5.74, 6) is -1.52. The number of carbonyl (C=O) groups excluding carboxylic acids is 4. The molecule has 0 saturated carbocycles. The zero-order valence-corrected chi connectivity index (χ0v) is 35.9. The van der Waals surface area contributed by atoms with E-state index in [1.54, 1.807) is 66.0 Å². The van der Waals surface area contributed by atoms with Gasteiger partial charge in [0.05, 0.1) is 19.3 Å². The van der Waals surface area contributed by atoms with Crippen LogP contribution in [-0.2, 0) is 45.2 Å². The molecule has 0 heterocycles. The first-order valence-electron chi connectivity index (χ1n) is 19.5. The van der Waals surface area contributed by atoms with Crippen LogP contribution >= 0.6 is 15.9 Å². The Hall–Kier alpha value is -5.44. The lowest BCUT2D eigenvalue weighted by atomic mass is 9.85. The molecule has 0 aliphatic rings. The fourth-order valence-electron chi connectivity index (χ4n) is 6.29. The number of aromatic hydroxyl groups is 1. The fourth-order valence-corrected chi connectivity index (χ4v) is 6.70. The number of rotatable bonds is 19. The summed E-state index contributed by atoms with van der Waals surface area (Å²) in [4.78, 5) is 55.3. The number of hydrogen-bond donors (Lipinski definition) is 7. The SMILES string of the molecule is COc1ccc(CN[C@@H](C(=O)N[C@H](C(=O)NCc2cc(Br)ccc2O)C(C)C)[C@H](O)[C@H](Cc2ccccc2)NC(=O)[C@@H](NC(=O)OCc2ccccc2)C(C)(C)C)cc1. The monoisotopic (exact) mass is 873 g/mol. The van der Waals surface area contributed by atoms with Gasteiger partial charge in [-0.15, -0.1) is 0 Å². The van der Waals surface area contributed by atoms with Crippen LogP contribution < -0.4 is 31.3 Å². The van der Waals surface area contributed by atoms with E-state index in [2.05, 4.69) is 42.5 Å². The van der Waals surface area contributed by atoms with Crippen molar-refractivity contribution >= 4 is 39.7 Å². The third kappa shape index (κ3) is 14.4. The van der Waals surface area contributed by atoms with Crippen LogP contribution in [-0.4, -0.2) is 71.4 Å². The third-order valence-electron chi connectivity index (χ3n) is 9.69. The average molecular weight is 875 g/mol. The summed E-state index contributed by atoms with van der Waals surface area (Å²) in [6.45, 7) is 9.06. The Bertz CT molecular complexity index is 1980. The van der Waals surface area contributed by atoms with Gasteiger partial charge in [-0.3, -0.25) is 19.7 Å². The highest BCUT2D eigenvalue weighted by Gasteiger charge is 2.39. The number of aliphatic hydroxyl groups is 1. The second-order valence-electron chi connectivity index (χ2n) is 15.7. The minimum Gasteiger partial charge on any atom is -0.508 e. The van der Waals surface area contributed by atoms with E-state index in [1.807, 2.05) is 72.8 Å². The van der Waals surface area contributed by atoms with Crippen molar-refractivity contribution in [1.29, 1.82) is 0 Å². The number of halogens is 1. The molecule has 0 bridgehead atoms. The van der Waals surface area contributed by atoms with E-state index in [9.17, 15) is 29.4 Å². The van der Waals surface area contributed by atoms with Crippen molar-refractivity contribution in [2.75, 3.05) is 7.11 Å². The maximum atomic E-state index is 14.4. The number of methoxy groups -OCH3 is 1. The lowest BCUT2D eigenvalue weighted by Crippen LogP contribution is -2.63. The maximum absolute atomic E-state index is 14.4. The van der Waals surface area contributed by atoms with Crippen molar-refractivity contribution in [3.8, 4) is 11.5 Å². The van der Waals surface area contributed by atoms with Crippen molar-refractivity contribution in [3.63, 3.8) is 0 Å². The quantitative estimate of drug-likeness (QED) is 0.0638. The van der Waals surface area contributed by atoms with Crippen molar-refractivity contribution in [2.45, 2.75) is 91.0 Å². The Morgan fingerprint density at radius 2 is 1.36 bits per heavy atom. The van der Waals surface area contributed by atoms with Gasteiger partial charge in [0.2, 0.25) is 17.7 Å². The van der Waals surface area contributed by atoms with Gasteiger partial charge in [-0.05, 0) is 64.8 Å². The molecule has 0 spiro atoms. The van der Waals surface area contributed by atoms with Crippen LogP contribution in [0.3, 0.4) is 0 Å². The lowest BCUT2D eigenvalue weighted by molar-refractivity contribution is -0.134. The molecular formula is C45H56BrN5O8. The summed E-state index contributed by atoms with van der Waals surface area (Å²) in [5.41, 5.74) is 1.99. The molecule has 4 aromatic carbocycles. The minimum absolute atomic E-state index is 0.000932. The zero-order chi connectivity index (χ0) is 43.1. The van der Waals surface area contributed by atoms with E-state index in [1.165, 1.54) is 6.07 Å². The van der Waals surface area contributed by atoms with Crippen LogP contribution in [0.15, 0.2) is 108 Å². The summed E-state index contributed by atoms with van der Waals surface area (Å²) in [5, 5.41) is 37.1. The number of nitrogens with one attached hydrogen (secondary N) is 5. The first kappa shape index (κ1) is 46.3. The van der Waals surface area contributed by atoms with E-state index in [4.69, 9.17) is 9.47 Å². The van der Waals surface area contributed by atoms with Crippen molar-refractivity contribution in [2.24, 2.45) is 11.3 Å². The molecule has 13 nitrogen and oxygen atoms in total. The Balaban J connectivity index is 1.62. The lowest BCUT2D eigenvalue weighted by Gasteiger charge is -2.35. The fraction of sp³-hybridized carbons (Fsp3) is 0.378. The molecule has 0 unspecified atom stereocenters. The highest BCUT2D eigenvalue weighted by Crippen LogP contribution is 2.23. The van der Waals surface area contributed by atoms with Crippen LogP contribution in [0, 0.1) is 11.3 Å². The topological polar surface area (TPSA) is 187 Å². The maximum Gasteiger partial charge on any atom is 0.408 e. The molecule has 4 rings (SSSR count). The molecule has 7 N–H and O–H groups in total. The molecule has 5 atom stereocenters. The van der Waals surface area contributed by atoms with Gasteiger partial charge in [-0.1, -0.05) is 123 Å². The van der Waals surface area contributed by atoms with E-state index in [0.717, 1.165) is 21.2 Å². The van der Waals surface area contributed by atoms with E-state index >= 15 is 0 Å². The van der Waals surface area contributed by atoms with E-state index in [0.29, 0.717) is 11.3 Å². The normalized spacial score (nSPS) is 13.9. The molecule has 0 radical (unpaired) electrons. The number of phenols is 1. The first-order chi connectivity index (χ1) is 28.0. The van der Waals surface area contributed by atoms with Gasteiger partial charge in [0, 0.05) is 23.1 Å². The number of phenolic OH excluding ortho intramolecular Hbond substituents is 1. The number of alkyl carbamates (subject to hydrolysis) is 1. The number of ether oxygens (including phenoxy) is 2. The van der Waals surface area contributed by atoms with Gasteiger partial charge in [-0.2, -0.15) is 0 Å². The second kappa shape index (κ2) is 22.1. The molecular weight excluding hydrogens is 818 g/mol. The van der Waals surface area contributed by atoms with Gasteiger partial charge in [0.25, 0.3) is 0 Å². The molecule has 0 fully saturated rings. The molecule has 0 saturated heterocycles. The van der Waals surface area contributed by atoms with Gasteiger partial charge < -0.3 is 41.0 Å². The molecule has 316 valence electrons. The Kier molecular flexibility index (Phi) is 17.3. The summed E-state index contributed by atoms with van der Waals surface area (Å²) >= 11 is 3.38. The molecule has 14 heteroatoms. The summed E-state index contributed by atoms with van der Waals surface area (Å²) < 4.78 is 11.5. The molecule has 0 aliphatic heterocycles. The second-order valence-corrected chi connectivity index (χ2v) is 16.6. The molecule has 4 amide bonds. The number of benzene rings is 4. The molecule has 59 heavy (non-hydrogen) atoms. The van der Waals surface area contributed by atoms with Gasteiger partial charge in [0.15, 0.2) is 0 Å². The molecule has 4 aromatic rings. The predicted octanol–water partition coefficient (Wildman–Crippen LogP) is 5.51. The van der Waals surface area contributed by atoms with Crippen LogP contribution in [0.1, 0.15) is 56.9 Å². The van der Waals surface area contributed by atoms with Crippen LogP contribution in [0.5, 0.6) is 11.5 Å². The van der Waals surface area contributed by atoms with Crippen LogP contribution in [0.2, 0.25) is 0 Å². The number of hydrogen-bond acceptors (Lipinski definition) is 9. The highest BCUT2D eigenvalue weighted by molar-refractivity contribution is 9.10. The van der Waals surface area contributed by atoms with E-state index in [-0.39, 0.29) is 37.8 Å². The van der Waals surface area contributed by atoms with Gasteiger partial charge in [-0.25, -0.2) is 4.79 Å². The average Bonchev–Trinajstić information content (AvgIpc) is 3.21. The summed E-state index contributed by atoms with van der Waals surface area (Å²) in [7, 11) is 1.56. The van der Waals surface area contributed by atoms with Crippen molar-refractivity contribution in [1.82, 2.24) is 26.6 Å². The highest BCUT2D eigenvalue weighted by atomic mass is 79.9. The third-order valence-corrected chi connectivity index (χ3v) is 10.2. The van der Waals surface area contributed by atoms with Crippen molar-refractivity contribution in [3.05, 3.63) is 130 Å². The Labute approximate surface area is 354 Å². The number of carbonyl (C=O) groups is 4. The Morgan fingerprint density at radius 1 is 0.729 bits per heavy atom. The Morgan fingerprint density at radius 3 is 1.95 bits per heavy atom.